The highest BCUT2D eigenvalue weighted by atomic mass is 35.5. The predicted octanol–water partition coefficient (Wildman–Crippen LogP) is 2.93. The van der Waals surface area contributed by atoms with Crippen molar-refractivity contribution in [1.29, 1.82) is 0 Å². The molecule has 2 rings (SSSR count). The molecule has 1 atom stereocenters. The third kappa shape index (κ3) is 5.04. The second-order valence-electron chi connectivity index (χ2n) is 4.53. The smallest absolute Gasteiger partial charge is 0.269 e. The zero-order valence-corrected chi connectivity index (χ0v) is 11.5. The van der Waals surface area contributed by atoms with Crippen LogP contribution in [0.5, 0.6) is 5.75 Å². The van der Waals surface area contributed by atoms with Crippen molar-refractivity contribution in [1.82, 2.24) is 5.32 Å². The van der Waals surface area contributed by atoms with Gasteiger partial charge >= 0.3 is 0 Å². The van der Waals surface area contributed by atoms with E-state index in [9.17, 15) is 10.1 Å². The van der Waals surface area contributed by atoms with Gasteiger partial charge in [0.1, 0.15) is 5.75 Å². The number of non-ortho nitro benzene ring substituents is 1. The number of benzene rings is 1. The minimum Gasteiger partial charge on any atom is -0.494 e. The van der Waals surface area contributed by atoms with E-state index in [4.69, 9.17) is 4.74 Å². The molecule has 106 valence electrons. The van der Waals surface area contributed by atoms with E-state index in [1.54, 1.807) is 12.1 Å². The minimum atomic E-state index is -0.407. The maximum absolute atomic E-state index is 10.5. The first-order valence-electron chi connectivity index (χ1n) is 6.36. The molecule has 0 spiro atoms. The van der Waals surface area contributed by atoms with Gasteiger partial charge in [-0.1, -0.05) is 6.42 Å². The van der Waals surface area contributed by atoms with E-state index < -0.39 is 4.92 Å². The molecule has 1 fully saturated rings. The number of nitrogens with zero attached hydrogens (tertiary/aromatic N) is 1. The molecule has 0 bridgehead atoms. The lowest BCUT2D eigenvalue weighted by Crippen LogP contribution is -2.35. The molecular formula is C13H19ClN2O3. The van der Waals surface area contributed by atoms with Crippen molar-refractivity contribution in [3.8, 4) is 5.75 Å². The third-order valence-corrected chi connectivity index (χ3v) is 3.19. The molecule has 5 nitrogen and oxygen atoms in total. The zero-order chi connectivity index (χ0) is 12.8. The van der Waals surface area contributed by atoms with Gasteiger partial charge in [-0.3, -0.25) is 10.1 Å². The monoisotopic (exact) mass is 286 g/mol. The van der Waals surface area contributed by atoms with Crippen LogP contribution in [0.2, 0.25) is 0 Å². The number of nitro benzene ring substituents is 1. The van der Waals surface area contributed by atoms with Gasteiger partial charge in [-0.15, -0.1) is 12.4 Å². The molecule has 0 saturated carbocycles. The van der Waals surface area contributed by atoms with E-state index in [2.05, 4.69) is 5.32 Å². The Morgan fingerprint density at radius 2 is 2.05 bits per heavy atom. The molecule has 1 aliphatic rings. The largest absolute Gasteiger partial charge is 0.494 e. The second kappa shape index (κ2) is 7.96. The highest BCUT2D eigenvalue weighted by molar-refractivity contribution is 5.85. The van der Waals surface area contributed by atoms with Crippen molar-refractivity contribution in [2.24, 2.45) is 0 Å². The van der Waals surface area contributed by atoms with Crippen molar-refractivity contribution in [2.45, 2.75) is 31.7 Å². The molecule has 1 N–H and O–H groups in total. The number of nitro groups is 1. The third-order valence-electron chi connectivity index (χ3n) is 3.19. The number of halogens is 1. The summed E-state index contributed by atoms with van der Waals surface area (Å²) >= 11 is 0. The molecule has 1 unspecified atom stereocenters. The van der Waals surface area contributed by atoms with Crippen LogP contribution in [0.15, 0.2) is 24.3 Å². The summed E-state index contributed by atoms with van der Waals surface area (Å²) in [4.78, 5) is 10.1. The van der Waals surface area contributed by atoms with Gasteiger partial charge in [0, 0.05) is 18.2 Å². The lowest BCUT2D eigenvalue weighted by molar-refractivity contribution is -0.384. The van der Waals surface area contributed by atoms with Crippen LogP contribution in [0.4, 0.5) is 5.69 Å². The Hall–Kier alpha value is -1.33. The average molecular weight is 287 g/mol. The van der Waals surface area contributed by atoms with E-state index >= 15 is 0 Å². The molecule has 0 radical (unpaired) electrons. The lowest BCUT2D eigenvalue weighted by atomic mass is 10.0. The van der Waals surface area contributed by atoms with Crippen LogP contribution in [0.3, 0.4) is 0 Å². The molecule has 1 aliphatic heterocycles. The number of piperidine rings is 1. The van der Waals surface area contributed by atoms with E-state index in [1.165, 1.54) is 31.4 Å². The van der Waals surface area contributed by atoms with Crippen LogP contribution in [-0.4, -0.2) is 24.1 Å². The Morgan fingerprint density at radius 1 is 1.32 bits per heavy atom. The van der Waals surface area contributed by atoms with Crippen molar-refractivity contribution in [3.63, 3.8) is 0 Å². The van der Waals surface area contributed by atoms with Crippen LogP contribution >= 0.6 is 12.4 Å². The number of rotatable bonds is 5. The SMILES string of the molecule is Cl.O=[N+]([O-])c1ccc(OCCC2CCCCN2)cc1. The number of ether oxygens (including phenoxy) is 1. The molecule has 0 aliphatic carbocycles. The fraction of sp³-hybridized carbons (Fsp3) is 0.538. The molecule has 0 aromatic heterocycles. The summed E-state index contributed by atoms with van der Waals surface area (Å²) in [6.45, 7) is 1.75. The van der Waals surface area contributed by atoms with Crippen molar-refractivity contribution < 1.29 is 9.66 Å². The fourth-order valence-corrected chi connectivity index (χ4v) is 2.15. The molecule has 6 heteroatoms. The van der Waals surface area contributed by atoms with Crippen molar-refractivity contribution in [2.75, 3.05) is 13.2 Å². The summed E-state index contributed by atoms with van der Waals surface area (Å²) in [5, 5.41) is 13.9. The summed E-state index contributed by atoms with van der Waals surface area (Å²) in [6, 6.07) is 6.78. The first kappa shape index (κ1) is 15.7. The number of hydrogen-bond donors (Lipinski definition) is 1. The Morgan fingerprint density at radius 3 is 2.63 bits per heavy atom. The van der Waals surface area contributed by atoms with Gasteiger partial charge in [-0.25, -0.2) is 0 Å². The van der Waals surface area contributed by atoms with Gasteiger partial charge < -0.3 is 10.1 Å². The van der Waals surface area contributed by atoms with Gasteiger partial charge in [0.15, 0.2) is 0 Å². The van der Waals surface area contributed by atoms with E-state index in [1.807, 2.05) is 0 Å². The first-order chi connectivity index (χ1) is 8.75. The summed E-state index contributed by atoms with van der Waals surface area (Å²) in [7, 11) is 0. The summed E-state index contributed by atoms with van der Waals surface area (Å²) in [6.07, 6.45) is 4.75. The Bertz CT molecular complexity index is 391. The van der Waals surface area contributed by atoms with Crippen molar-refractivity contribution >= 4 is 18.1 Å². The van der Waals surface area contributed by atoms with Gasteiger partial charge in [-0.05, 0) is 37.9 Å². The minimum absolute atomic E-state index is 0. The molecule has 19 heavy (non-hydrogen) atoms. The molecule has 1 saturated heterocycles. The molecule has 1 aromatic carbocycles. The van der Waals surface area contributed by atoms with Gasteiger partial charge in [0.25, 0.3) is 5.69 Å². The van der Waals surface area contributed by atoms with Gasteiger partial charge in [0.05, 0.1) is 11.5 Å². The average Bonchev–Trinajstić information content (AvgIpc) is 2.40. The standard InChI is InChI=1S/C13H18N2O3.ClH/c16-15(17)12-4-6-13(7-5-12)18-10-8-11-3-1-2-9-14-11;/h4-7,11,14H,1-3,8-10H2;1H. The fourth-order valence-electron chi connectivity index (χ4n) is 2.15. The second-order valence-corrected chi connectivity index (χ2v) is 4.53. The van der Waals surface area contributed by atoms with Crippen LogP contribution in [0.25, 0.3) is 0 Å². The van der Waals surface area contributed by atoms with E-state index in [-0.39, 0.29) is 18.1 Å². The topological polar surface area (TPSA) is 64.4 Å². The van der Waals surface area contributed by atoms with Crippen molar-refractivity contribution in [3.05, 3.63) is 34.4 Å². The van der Waals surface area contributed by atoms with E-state index in [0.29, 0.717) is 18.4 Å². The zero-order valence-electron chi connectivity index (χ0n) is 10.7. The summed E-state index contributed by atoms with van der Waals surface area (Å²) in [5.41, 5.74) is 0.0938. The Labute approximate surface area is 118 Å². The van der Waals surface area contributed by atoms with Crippen LogP contribution in [-0.2, 0) is 0 Å². The maximum Gasteiger partial charge on any atom is 0.269 e. The number of nitrogens with one attached hydrogen (secondary N) is 1. The molecule has 0 amide bonds. The highest BCUT2D eigenvalue weighted by Crippen LogP contribution is 2.18. The van der Waals surface area contributed by atoms with Crippen LogP contribution < -0.4 is 10.1 Å². The predicted molar refractivity (Wildman–Crippen MR) is 76.1 cm³/mol. The Kier molecular flexibility index (Phi) is 6.59. The molecular weight excluding hydrogens is 268 g/mol. The van der Waals surface area contributed by atoms with Crippen LogP contribution in [0, 0.1) is 10.1 Å². The lowest BCUT2D eigenvalue weighted by Gasteiger charge is -2.23. The highest BCUT2D eigenvalue weighted by Gasteiger charge is 2.12. The van der Waals surface area contributed by atoms with Crippen LogP contribution in [0.1, 0.15) is 25.7 Å². The quantitative estimate of drug-likeness (QED) is 0.668. The van der Waals surface area contributed by atoms with Gasteiger partial charge in [0.2, 0.25) is 0 Å². The van der Waals surface area contributed by atoms with E-state index in [0.717, 1.165) is 13.0 Å². The summed E-state index contributed by atoms with van der Waals surface area (Å²) < 4.78 is 5.58. The van der Waals surface area contributed by atoms with Gasteiger partial charge in [-0.2, -0.15) is 0 Å². The first-order valence-corrected chi connectivity index (χ1v) is 6.36. The number of hydrogen-bond acceptors (Lipinski definition) is 4. The molecule has 1 heterocycles. The molecule has 1 aromatic rings. The summed E-state index contributed by atoms with van der Waals surface area (Å²) in [5.74, 6) is 0.691. The normalized spacial score (nSPS) is 18.4. The maximum atomic E-state index is 10.5. The Balaban J connectivity index is 0.00000180.